The minimum absolute atomic E-state index is 0.0172. The van der Waals surface area contributed by atoms with E-state index < -0.39 is 17.5 Å². The molecule has 0 aromatic heterocycles. The van der Waals surface area contributed by atoms with E-state index in [-0.39, 0.29) is 24.1 Å². The molecule has 1 atom stereocenters. The topological polar surface area (TPSA) is 55.1 Å². The van der Waals surface area contributed by atoms with Gasteiger partial charge in [-0.1, -0.05) is 6.92 Å². The molecule has 0 aromatic rings. The predicted molar refractivity (Wildman–Crippen MR) is 49.8 cm³/mol. The summed E-state index contributed by atoms with van der Waals surface area (Å²) in [5.41, 5.74) is 1.10. The van der Waals surface area contributed by atoms with Crippen LogP contribution in [-0.4, -0.2) is 29.8 Å². The maximum absolute atomic E-state index is 11.6. The van der Waals surface area contributed by atoms with Gasteiger partial charge in [-0.05, 0) is 18.2 Å². The number of carbonyl (C=O) groups is 1. The van der Waals surface area contributed by atoms with Crippen LogP contribution in [0.5, 0.6) is 0 Å². The van der Waals surface area contributed by atoms with Crippen molar-refractivity contribution in [3.05, 3.63) is 0 Å². The molecule has 7 heteroatoms. The second kappa shape index (κ2) is 6.13. The number of hydrogen-bond acceptors (Lipinski definition) is 3. The van der Waals surface area contributed by atoms with Gasteiger partial charge in [0.25, 0.3) is 0 Å². The van der Waals surface area contributed by atoms with Crippen LogP contribution in [0.25, 0.3) is 0 Å². The number of thioether (sulfide) groups is 1. The van der Waals surface area contributed by atoms with Crippen LogP contribution < -0.4 is 11.1 Å². The third-order valence-corrected chi connectivity index (χ3v) is 2.18. The largest absolute Gasteiger partial charge is 0.441 e. The van der Waals surface area contributed by atoms with Crippen LogP contribution in [0.4, 0.5) is 13.2 Å². The van der Waals surface area contributed by atoms with Gasteiger partial charge in [0.2, 0.25) is 5.91 Å². The van der Waals surface area contributed by atoms with Crippen LogP contribution in [0.2, 0.25) is 0 Å². The fraction of sp³-hybridized carbons (Fsp3) is 0.857. The first-order valence-electron chi connectivity index (χ1n) is 4.10. The summed E-state index contributed by atoms with van der Waals surface area (Å²) < 4.78 is 34.9. The van der Waals surface area contributed by atoms with Crippen LogP contribution in [0, 0.1) is 0 Å². The average Bonchev–Trinajstić information content (AvgIpc) is 2.09. The summed E-state index contributed by atoms with van der Waals surface area (Å²) in [4.78, 5) is 11.0. The lowest BCUT2D eigenvalue weighted by Crippen LogP contribution is -2.41. The quantitative estimate of drug-likeness (QED) is 0.695. The Hall–Kier alpha value is -0.430. The average molecular weight is 230 g/mol. The van der Waals surface area contributed by atoms with Crippen LogP contribution in [0.1, 0.15) is 13.3 Å². The van der Waals surface area contributed by atoms with Crippen molar-refractivity contribution < 1.29 is 18.0 Å². The maximum atomic E-state index is 11.6. The van der Waals surface area contributed by atoms with E-state index in [1.165, 1.54) is 0 Å². The standard InChI is InChI=1S/C7H13F3N2OS/c1-2-5(11)6(13)12-3-4-14-7(8,9)10/h5H,2-4,11H2,1H3,(H,12,13)/t5-/m1/s1. The Kier molecular flexibility index (Phi) is 5.94. The van der Waals surface area contributed by atoms with E-state index in [1.54, 1.807) is 6.92 Å². The van der Waals surface area contributed by atoms with Gasteiger partial charge in [0.15, 0.2) is 0 Å². The van der Waals surface area contributed by atoms with E-state index in [1.807, 2.05) is 0 Å². The lowest BCUT2D eigenvalue weighted by Gasteiger charge is -2.10. The van der Waals surface area contributed by atoms with Crippen molar-refractivity contribution in [1.82, 2.24) is 5.32 Å². The molecule has 0 saturated carbocycles. The fourth-order valence-corrected chi connectivity index (χ4v) is 1.09. The number of halogens is 3. The number of alkyl halides is 3. The van der Waals surface area contributed by atoms with Gasteiger partial charge in [0.1, 0.15) is 0 Å². The number of nitrogens with two attached hydrogens (primary N) is 1. The zero-order valence-electron chi connectivity index (χ0n) is 7.73. The van der Waals surface area contributed by atoms with E-state index in [2.05, 4.69) is 5.32 Å². The molecule has 1 amide bonds. The van der Waals surface area contributed by atoms with Gasteiger partial charge in [0, 0.05) is 12.3 Å². The maximum Gasteiger partial charge on any atom is 0.441 e. The van der Waals surface area contributed by atoms with Gasteiger partial charge in [-0.25, -0.2) is 0 Å². The fourth-order valence-electron chi connectivity index (χ4n) is 0.657. The van der Waals surface area contributed by atoms with Gasteiger partial charge in [-0.15, -0.1) is 0 Å². The molecule has 84 valence electrons. The van der Waals surface area contributed by atoms with E-state index in [0.717, 1.165) is 0 Å². The Morgan fingerprint density at radius 1 is 1.57 bits per heavy atom. The first-order valence-corrected chi connectivity index (χ1v) is 5.09. The smallest absolute Gasteiger partial charge is 0.354 e. The van der Waals surface area contributed by atoms with E-state index >= 15 is 0 Å². The van der Waals surface area contributed by atoms with Gasteiger partial charge in [-0.2, -0.15) is 13.2 Å². The highest BCUT2D eigenvalue weighted by molar-refractivity contribution is 8.00. The Bertz CT molecular complexity index is 186. The molecule has 0 spiro atoms. The minimum Gasteiger partial charge on any atom is -0.354 e. The Morgan fingerprint density at radius 3 is 2.57 bits per heavy atom. The summed E-state index contributed by atoms with van der Waals surface area (Å²) in [6.07, 6.45) is 0.470. The first kappa shape index (κ1) is 13.6. The van der Waals surface area contributed by atoms with Gasteiger partial charge >= 0.3 is 5.51 Å². The lowest BCUT2D eigenvalue weighted by atomic mass is 10.2. The van der Waals surface area contributed by atoms with Crippen LogP contribution in [0.3, 0.4) is 0 Å². The van der Waals surface area contributed by atoms with E-state index in [4.69, 9.17) is 5.73 Å². The number of nitrogens with one attached hydrogen (secondary N) is 1. The monoisotopic (exact) mass is 230 g/mol. The minimum atomic E-state index is -4.24. The summed E-state index contributed by atoms with van der Waals surface area (Å²) in [6.45, 7) is 1.71. The summed E-state index contributed by atoms with van der Waals surface area (Å²) >= 11 is -0.161. The molecule has 0 saturated heterocycles. The van der Waals surface area contributed by atoms with Gasteiger partial charge < -0.3 is 11.1 Å². The van der Waals surface area contributed by atoms with Crippen molar-refractivity contribution in [2.45, 2.75) is 24.9 Å². The zero-order valence-corrected chi connectivity index (χ0v) is 8.54. The highest BCUT2D eigenvalue weighted by Gasteiger charge is 2.27. The van der Waals surface area contributed by atoms with Gasteiger partial charge in [0.05, 0.1) is 6.04 Å². The predicted octanol–water partition coefficient (Wildman–Crippen LogP) is 1.09. The van der Waals surface area contributed by atoms with E-state index in [9.17, 15) is 18.0 Å². The molecule has 0 aromatic carbocycles. The second-order valence-corrected chi connectivity index (χ2v) is 3.76. The third kappa shape index (κ3) is 7.02. The van der Waals surface area contributed by atoms with Crippen molar-refractivity contribution >= 4 is 17.7 Å². The second-order valence-electron chi connectivity index (χ2n) is 2.60. The molecule has 0 bridgehead atoms. The summed E-state index contributed by atoms with van der Waals surface area (Å²) in [7, 11) is 0. The molecule has 0 heterocycles. The molecule has 0 unspecified atom stereocenters. The van der Waals surface area contributed by atoms with Crippen molar-refractivity contribution in [3.63, 3.8) is 0 Å². The van der Waals surface area contributed by atoms with Crippen LogP contribution >= 0.6 is 11.8 Å². The summed E-state index contributed by atoms with van der Waals surface area (Å²) in [5, 5.41) is 2.32. The molecular formula is C7H13F3N2OS. The molecule has 0 rings (SSSR count). The normalized spacial score (nSPS) is 13.8. The molecule has 0 aliphatic carbocycles. The molecule has 0 radical (unpaired) electrons. The third-order valence-electron chi connectivity index (χ3n) is 1.44. The van der Waals surface area contributed by atoms with Crippen LogP contribution in [0.15, 0.2) is 0 Å². The molecule has 14 heavy (non-hydrogen) atoms. The molecular weight excluding hydrogens is 217 g/mol. The van der Waals surface area contributed by atoms with Gasteiger partial charge in [-0.3, -0.25) is 4.79 Å². The van der Waals surface area contributed by atoms with Crippen molar-refractivity contribution in [2.24, 2.45) is 5.73 Å². The van der Waals surface area contributed by atoms with Crippen LogP contribution in [-0.2, 0) is 4.79 Å². The Balaban J connectivity index is 3.51. The molecule has 0 aliphatic rings. The van der Waals surface area contributed by atoms with Crippen molar-refractivity contribution in [1.29, 1.82) is 0 Å². The zero-order chi connectivity index (χ0) is 11.2. The Morgan fingerprint density at radius 2 is 2.14 bits per heavy atom. The number of amides is 1. The lowest BCUT2D eigenvalue weighted by molar-refractivity contribution is -0.122. The highest BCUT2D eigenvalue weighted by atomic mass is 32.2. The number of hydrogen-bond donors (Lipinski definition) is 2. The van der Waals surface area contributed by atoms with Crippen molar-refractivity contribution in [3.8, 4) is 0 Å². The van der Waals surface area contributed by atoms with E-state index in [0.29, 0.717) is 6.42 Å². The SMILES string of the molecule is CC[C@@H](N)C(=O)NCCSC(F)(F)F. The molecule has 3 N–H and O–H groups in total. The molecule has 0 fully saturated rings. The van der Waals surface area contributed by atoms with Crippen molar-refractivity contribution in [2.75, 3.05) is 12.3 Å². The molecule has 3 nitrogen and oxygen atoms in total. The number of rotatable bonds is 5. The summed E-state index contributed by atoms with van der Waals surface area (Å²) in [6, 6.07) is -0.633. The molecule has 0 aliphatic heterocycles. The Labute approximate surface area is 84.6 Å². The first-order chi connectivity index (χ1) is 6.37. The summed E-state index contributed by atoms with van der Waals surface area (Å²) in [5.74, 6) is -0.596. The highest BCUT2D eigenvalue weighted by Crippen LogP contribution is 2.29. The number of carbonyl (C=O) groups excluding carboxylic acids is 1.